The number of nitrogen functional groups attached to an aromatic ring is 1. The number of anilines is 1. The van der Waals surface area contributed by atoms with E-state index in [0.29, 0.717) is 6.61 Å². The van der Waals surface area contributed by atoms with Crippen LogP contribution in [0.5, 0.6) is 5.75 Å². The zero-order valence-electron chi connectivity index (χ0n) is 9.18. The van der Waals surface area contributed by atoms with Gasteiger partial charge in [-0.1, -0.05) is 18.2 Å². The van der Waals surface area contributed by atoms with E-state index in [-0.39, 0.29) is 0 Å². The quantitative estimate of drug-likeness (QED) is 0.799. The molecule has 2 N–H and O–H groups in total. The highest BCUT2D eigenvalue weighted by molar-refractivity contribution is 5.76. The van der Waals surface area contributed by atoms with E-state index in [0.717, 1.165) is 22.6 Å². The maximum Gasteiger partial charge on any atom is 0.138 e. The monoisotopic (exact) mass is 214 g/mol. The predicted molar refractivity (Wildman–Crippen MR) is 65.3 cm³/mol. The van der Waals surface area contributed by atoms with Crippen LogP contribution in [0.25, 0.3) is 11.1 Å². The minimum Gasteiger partial charge on any atom is -0.492 e. The first-order valence-corrected chi connectivity index (χ1v) is 5.24. The minimum absolute atomic E-state index is 0.634. The van der Waals surface area contributed by atoms with Crippen LogP contribution >= 0.6 is 0 Å². The van der Waals surface area contributed by atoms with Gasteiger partial charge in [-0.15, -0.1) is 0 Å². The van der Waals surface area contributed by atoms with E-state index in [1.165, 1.54) is 0 Å². The van der Waals surface area contributed by atoms with Crippen molar-refractivity contribution in [2.45, 2.75) is 6.92 Å². The van der Waals surface area contributed by atoms with E-state index in [4.69, 9.17) is 10.5 Å². The van der Waals surface area contributed by atoms with Crippen molar-refractivity contribution in [3.05, 3.63) is 42.7 Å². The third-order valence-corrected chi connectivity index (χ3v) is 2.30. The zero-order chi connectivity index (χ0) is 11.4. The Bertz CT molecular complexity index is 483. The van der Waals surface area contributed by atoms with Gasteiger partial charge in [-0.2, -0.15) is 0 Å². The summed E-state index contributed by atoms with van der Waals surface area (Å²) >= 11 is 0. The molecule has 0 radical (unpaired) electrons. The van der Waals surface area contributed by atoms with Gasteiger partial charge in [0.25, 0.3) is 0 Å². The van der Waals surface area contributed by atoms with Gasteiger partial charge in [-0.3, -0.25) is 4.98 Å². The fourth-order valence-electron chi connectivity index (χ4n) is 1.57. The summed E-state index contributed by atoms with van der Waals surface area (Å²) in [5.74, 6) is 0.767. The smallest absolute Gasteiger partial charge is 0.138 e. The summed E-state index contributed by atoms with van der Waals surface area (Å²) < 4.78 is 5.40. The minimum atomic E-state index is 0.634. The molecule has 0 saturated heterocycles. The third kappa shape index (κ3) is 2.14. The lowest BCUT2D eigenvalue weighted by molar-refractivity contribution is 0.339. The Morgan fingerprint density at radius 1 is 1.25 bits per heavy atom. The van der Waals surface area contributed by atoms with Crippen LogP contribution in [0.3, 0.4) is 0 Å². The molecule has 2 rings (SSSR count). The van der Waals surface area contributed by atoms with Crippen LogP contribution in [0, 0.1) is 0 Å². The fourth-order valence-corrected chi connectivity index (χ4v) is 1.57. The molecule has 0 unspecified atom stereocenters. The number of nitrogens with two attached hydrogens (primary N) is 1. The van der Waals surface area contributed by atoms with Gasteiger partial charge < -0.3 is 10.5 Å². The number of aromatic nitrogens is 1. The van der Waals surface area contributed by atoms with E-state index < -0.39 is 0 Å². The molecule has 3 heteroatoms. The predicted octanol–water partition coefficient (Wildman–Crippen LogP) is 2.73. The van der Waals surface area contributed by atoms with Gasteiger partial charge in [0, 0.05) is 23.0 Å². The highest BCUT2D eigenvalue weighted by Gasteiger charge is 2.03. The summed E-state index contributed by atoms with van der Waals surface area (Å²) in [6.45, 7) is 2.58. The first kappa shape index (κ1) is 10.5. The summed E-state index contributed by atoms with van der Waals surface area (Å²) in [5, 5.41) is 0. The van der Waals surface area contributed by atoms with Crippen molar-refractivity contribution in [1.82, 2.24) is 4.98 Å². The van der Waals surface area contributed by atoms with Crippen molar-refractivity contribution in [3.63, 3.8) is 0 Å². The van der Waals surface area contributed by atoms with E-state index in [1.807, 2.05) is 37.3 Å². The summed E-state index contributed by atoms with van der Waals surface area (Å²) in [7, 11) is 0. The van der Waals surface area contributed by atoms with Gasteiger partial charge in [-0.25, -0.2) is 0 Å². The molecule has 0 aliphatic carbocycles. The van der Waals surface area contributed by atoms with Crippen LogP contribution in [-0.2, 0) is 0 Å². The second kappa shape index (κ2) is 4.66. The van der Waals surface area contributed by atoms with Gasteiger partial charge in [0.1, 0.15) is 5.75 Å². The molecular formula is C13H14N2O. The summed E-state index contributed by atoms with van der Waals surface area (Å²) in [6, 6.07) is 9.67. The normalized spacial score (nSPS) is 10.1. The number of ether oxygens (including phenoxy) is 1. The summed E-state index contributed by atoms with van der Waals surface area (Å²) in [4.78, 5) is 4.14. The van der Waals surface area contributed by atoms with E-state index in [9.17, 15) is 0 Å². The maximum atomic E-state index is 5.91. The SMILES string of the molecule is CCOc1cncc(-c2ccccc2N)c1. The number of hydrogen-bond acceptors (Lipinski definition) is 3. The molecule has 0 bridgehead atoms. The highest BCUT2D eigenvalue weighted by Crippen LogP contribution is 2.27. The van der Waals surface area contributed by atoms with E-state index >= 15 is 0 Å². The van der Waals surface area contributed by atoms with Crippen molar-refractivity contribution in [1.29, 1.82) is 0 Å². The van der Waals surface area contributed by atoms with Crippen LogP contribution in [0.15, 0.2) is 42.7 Å². The molecule has 0 atom stereocenters. The second-order valence-electron chi connectivity index (χ2n) is 3.43. The molecule has 3 nitrogen and oxygen atoms in total. The molecule has 1 aromatic carbocycles. The molecule has 1 aromatic heterocycles. The standard InChI is InChI=1S/C13H14N2O/c1-2-16-11-7-10(8-15-9-11)12-5-3-4-6-13(12)14/h3-9H,2,14H2,1H3. The maximum absolute atomic E-state index is 5.91. The Morgan fingerprint density at radius 2 is 2.06 bits per heavy atom. The van der Waals surface area contributed by atoms with E-state index in [1.54, 1.807) is 12.4 Å². The van der Waals surface area contributed by atoms with Gasteiger partial charge in [0.2, 0.25) is 0 Å². The van der Waals surface area contributed by atoms with Gasteiger partial charge in [-0.05, 0) is 19.1 Å². The average molecular weight is 214 g/mol. The molecule has 0 aliphatic rings. The average Bonchev–Trinajstić information content (AvgIpc) is 2.30. The van der Waals surface area contributed by atoms with Crippen molar-refractivity contribution in [2.24, 2.45) is 0 Å². The fraction of sp³-hybridized carbons (Fsp3) is 0.154. The first-order valence-electron chi connectivity index (χ1n) is 5.24. The lowest BCUT2D eigenvalue weighted by Gasteiger charge is -2.07. The zero-order valence-corrected chi connectivity index (χ0v) is 9.18. The van der Waals surface area contributed by atoms with Crippen LogP contribution in [0.2, 0.25) is 0 Å². The number of nitrogens with zero attached hydrogens (tertiary/aromatic N) is 1. The molecule has 82 valence electrons. The van der Waals surface area contributed by atoms with Crippen LogP contribution < -0.4 is 10.5 Å². The van der Waals surface area contributed by atoms with Gasteiger partial charge >= 0.3 is 0 Å². The van der Waals surface area contributed by atoms with Crippen LogP contribution in [-0.4, -0.2) is 11.6 Å². The molecule has 0 spiro atoms. The third-order valence-electron chi connectivity index (χ3n) is 2.30. The number of hydrogen-bond donors (Lipinski definition) is 1. The van der Waals surface area contributed by atoms with E-state index in [2.05, 4.69) is 4.98 Å². The number of pyridine rings is 1. The Balaban J connectivity index is 2.40. The molecule has 0 saturated carbocycles. The van der Waals surface area contributed by atoms with Crippen molar-refractivity contribution in [2.75, 3.05) is 12.3 Å². The molecule has 0 fully saturated rings. The Kier molecular flexibility index (Phi) is 3.05. The second-order valence-corrected chi connectivity index (χ2v) is 3.43. The molecule has 16 heavy (non-hydrogen) atoms. The van der Waals surface area contributed by atoms with Gasteiger partial charge in [0.15, 0.2) is 0 Å². The lowest BCUT2D eigenvalue weighted by Crippen LogP contribution is -1.94. The number of rotatable bonds is 3. The molecule has 0 aliphatic heterocycles. The van der Waals surface area contributed by atoms with Crippen LogP contribution in [0.4, 0.5) is 5.69 Å². The van der Waals surface area contributed by atoms with Gasteiger partial charge in [0.05, 0.1) is 12.8 Å². The van der Waals surface area contributed by atoms with Crippen molar-refractivity contribution >= 4 is 5.69 Å². The Morgan fingerprint density at radius 3 is 2.81 bits per heavy atom. The molecule has 1 heterocycles. The Hall–Kier alpha value is -2.03. The van der Waals surface area contributed by atoms with Crippen molar-refractivity contribution in [3.8, 4) is 16.9 Å². The molecule has 0 amide bonds. The summed E-state index contributed by atoms with van der Waals surface area (Å²) in [6.07, 6.45) is 3.49. The van der Waals surface area contributed by atoms with Crippen molar-refractivity contribution < 1.29 is 4.74 Å². The van der Waals surface area contributed by atoms with Crippen LogP contribution in [0.1, 0.15) is 6.92 Å². The highest BCUT2D eigenvalue weighted by atomic mass is 16.5. The topological polar surface area (TPSA) is 48.1 Å². The Labute approximate surface area is 94.9 Å². The lowest BCUT2D eigenvalue weighted by atomic mass is 10.1. The molecular weight excluding hydrogens is 200 g/mol. The number of benzene rings is 1. The molecule has 2 aromatic rings. The largest absolute Gasteiger partial charge is 0.492 e. The summed E-state index contributed by atoms with van der Waals surface area (Å²) in [5.41, 5.74) is 8.62. The first-order chi connectivity index (χ1) is 7.81. The number of para-hydroxylation sites is 1.